The number of phenolic OH excluding ortho intramolecular Hbond substituents is 1. The van der Waals surface area contributed by atoms with Crippen LogP contribution in [0.1, 0.15) is 38.7 Å². The van der Waals surface area contributed by atoms with E-state index >= 15 is 0 Å². The average molecular weight is 490 g/mol. The van der Waals surface area contributed by atoms with Gasteiger partial charge in [0, 0.05) is 28.6 Å². The van der Waals surface area contributed by atoms with Gasteiger partial charge in [0.2, 0.25) is 0 Å². The number of rotatable bonds is 8. The van der Waals surface area contributed by atoms with Gasteiger partial charge in [-0.25, -0.2) is 4.79 Å². The van der Waals surface area contributed by atoms with Crippen molar-refractivity contribution in [2.45, 2.75) is 33.1 Å². The highest BCUT2D eigenvalue weighted by molar-refractivity contribution is 7.99. The van der Waals surface area contributed by atoms with Gasteiger partial charge in [0.25, 0.3) is 0 Å². The van der Waals surface area contributed by atoms with Crippen LogP contribution in [0.4, 0.5) is 0 Å². The molecule has 0 unspecified atom stereocenters. The smallest absolute Gasteiger partial charge is 0.336 e. The Morgan fingerprint density at radius 1 is 1.26 bits per heavy atom. The van der Waals surface area contributed by atoms with Crippen LogP contribution in [0, 0.1) is 11.8 Å². The summed E-state index contributed by atoms with van der Waals surface area (Å²) in [6.45, 7) is 5.85. The fourth-order valence-corrected chi connectivity index (χ4v) is 5.08. The van der Waals surface area contributed by atoms with Crippen molar-refractivity contribution in [3.05, 3.63) is 46.3 Å². The number of hydrogen-bond donors (Lipinski definition) is 2. The maximum absolute atomic E-state index is 13.7. The molecule has 0 bridgehead atoms. The first-order valence-corrected chi connectivity index (χ1v) is 12.3. The van der Waals surface area contributed by atoms with Crippen molar-refractivity contribution in [3.8, 4) is 11.5 Å². The van der Waals surface area contributed by atoms with Crippen LogP contribution in [0.15, 0.2) is 40.7 Å². The number of aromatic hydroxyl groups is 1. The molecule has 1 aliphatic carbocycles. The molecule has 0 saturated carbocycles. The summed E-state index contributed by atoms with van der Waals surface area (Å²) in [5, 5.41) is 13.7. The number of carbonyl (C=O) groups is 3. The largest absolute Gasteiger partial charge is 0.504 e. The predicted octanol–water partition coefficient (Wildman–Crippen LogP) is 3.31. The van der Waals surface area contributed by atoms with E-state index in [1.165, 1.54) is 20.3 Å². The lowest BCUT2D eigenvalue weighted by Gasteiger charge is -2.38. The number of Topliss-reactive ketones (excluding diaryl/α,β-unsaturated/α-hetero) is 1. The number of nitrogens with one attached hydrogen (secondary N) is 1. The molecule has 0 saturated heterocycles. The van der Waals surface area contributed by atoms with Crippen molar-refractivity contribution in [2.75, 3.05) is 32.3 Å². The summed E-state index contributed by atoms with van der Waals surface area (Å²) < 4.78 is 15.6. The first kappa shape index (κ1) is 25.7. The van der Waals surface area contributed by atoms with Gasteiger partial charge in [-0.15, -0.1) is 0 Å². The van der Waals surface area contributed by atoms with Gasteiger partial charge in [0.1, 0.15) is 12.5 Å². The van der Waals surface area contributed by atoms with Crippen LogP contribution in [0.2, 0.25) is 0 Å². The van der Waals surface area contributed by atoms with Crippen LogP contribution in [0.3, 0.4) is 0 Å². The number of benzene rings is 1. The van der Waals surface area contributed by atoms with Crippen LogP contribution in [0.25, 0.3) is 0 Å². The fourth-order valence-electron chi connectivity index (χ4n) is 4.59. The summed E-state index contributed by atoms with van der Waals surface area (Å²) in [7, 11) is 2.69. The average Bonchev–Trinajstić information content (AvgIpc) is 2.80. The Morgan fingerprint density at radius 3 is 2.62 bits per heavy atom. The molecule has 0 radical (unpaired) electrons. The van der Waals surface area contributed by atoms with Crippen LogP contribution < -0.4 is 10.1 Å². The van der Waals surface area contributed by atoms with Gasteiger partial charge < -0.3 is 24.6 Å². The molecule has 2 aliphatic rings. The summed E-state index contributed by atoms with van der Waals surface area (Å²) >= 11 is 1.65. The van der Waals surface area contributed by atoms with Crippen molar-refractivity contribution in [3.63, 3.8) is 0 Å². The zero-order valence-electron chi connectivity index (χ0n) is 20.1. The van der Waals surface area contributed by atoms with Crippen molar-refractivity contribution in [1.29, 1.82) is 0 Å². The quantitative estimate of drug-likeness (QED) is 0.323. The Kier molecular flexibility index (Phi) is 8.30. The minimum atomic E-state index is -0.975. The van der Waals surface area contributed by atoms with Gasteiger partial charge in [-0.3, -0.25) is 9.59 Å². The van der Waals surface area contributed by atoms with E-state index in [0.717, 1.165) is 5.75 Å². The predicted molar refractivity (Wildman–Crippen MR) is 129 cm³/mol. The Morgan fingerprint density at radius 2 is 2.00 bits per heavy atom. The molecule has 1 aromatic carbocycles. The van der Waals surface area contributed by atoms with Crippen molar-refractivity contribution in [1.82, 2.24) is 5.32 Å². The van der Waals surface area contributed by atoms with Crippen LogP contribution in [-0.2, 0) is 23.9 Å². The lowest BCUT2D eigenvalue weighted by atomic mass is 9.69. The van der Waals surface area contributed by atoms with Crippen molar-refractivity contribution in [2.24, 2.45) is 11.8 Å². The number of methoxy groups -OCH3 is 2. The molecule has 1 aliphatic heterocycles. The molecule has 0 amide bonds. The minimum absolute atomic E-state index is 0.119. The zero-order valence-corrected chi connectivity index (χ0v) is 20.9. The monoisotopic (exact) mass is 489 g/mol. The molecule has 34 heavy (non-hydrogen) atoms. The second-order valence-corrected chi connectivity index (χ2v) is 9.69. The third-order valence-corrected chi connectivity index (χ3v) is 7.03. The molecular formula is C25H31NO7S. The third kappa shape index (κ3) is 4.94. The van der Waals surface area contributed by atoms with Crippen LogP contribution in [0.5, 0.6) is 11.5 Å². The Hall–Kier alpha value is -2.94. The van der Waals surface area contributed by atoms with Gasteiger partial charge in [-0.2, -0.15) is 11.8 Å². The summed E-state index contributed by atoms with van der Waals surface area (Å²) in [6, 6.07) is 4.76. The van der Waals surface area contributed by atoms with Gasteiger partial charge in [0.15, 0.2) is 17.3 Å². The summed E-state index contributed by atoms with van der Waals surface area (Å²) in [4.78, 5) is 39.4. The molecule has 3 rings (SSSR count). The van der Waals surface area contributed by atoms with E-state index in [-0.39, 0.29) is 29.6 Å². The number of ketones is 1. The van der Waals surface area contributed by atoms with Gasteiger partial charge in [0.05, 0.1) is 19.8 Å². The third-order valence-electron chi connectivity index (χ3n) is 6.16. The Labute approximate surface area is 203 Å². The molecule has 0 fully saturated rings. The summed E-state index contributed by atoms with van der Waals surface area (Å²) in [6.07, 6.45) is 0.437. The second kappa shape index (κ2) is 11.0. The molecule has 8 nitrogen and oxygen atoms in total. The zero-order chi connectivity index (χ0) is 25.0. The second-order valence-electron chi connectivity index (χ2n) is 8.30. The number of allylic oxidation sites excluding steroid dienone is 3. The number of dihydropyridines is 1. The maximum atomic E-state index is 13.7. The first-order valence-electron chi connectivity index (χ1n) is 11.2. The molecule has 1 heterocycles. The number of ether oxygens (including phenoxy) is 3. The van der Waals surface area contributed by atoms with E-state index in [0.29, 0.717) is 34.7 Å². The number of esters is 2. The Bertz CT molecular complexity index is 1050. The van der Waals surface area contributed by atoms with E-state index in [9.17, 15) is 19.5 Å². The summed E-state index contributed by atoms with van der Waals surface area (Å²) in [5.41, 5.74) is 2.35. The number of carbonyl (C=O) groups excluding carboxylic acids is 3. The lowest BCUT2D eigenvalue weighted by molar-refractivity contribution is -0.151. The maximum Gasteiger partial charge on any atom is 0.336 e. The van der Waals surface area contributed by atoms with E-state index in [1.807, 2.05) is 13.8 Å². The van der Waals surface area contributed by atoms with Crippen molar-refractivity contribution >= 4 is 29.5 Å². The SMILES string of the molecule is CCSCCOC(=O)C1=C(C)NC2=C(C(=O)[C@H](C(=O)OC)[C@H](C)C2)[C@H]1c1ccc(OC)c(O)c1. The highest BCUT2D eigenvalue weighted by Gasteiger charge is 2.47. The molecule has 2 N–H and O–H groups in total. The van der Waals surface area contributed by atoms with Gasteiger partial charge in [-0.1, -0.05) is 19.9 Å². The lowest BCUT2D eigenvalue weighted by Crippen LogP contribution is -2.43. The van der Waals surface area contributed by atoms with E-state index in [4.69, 9.17) is 14.2 Å². The molecule has 184 valence electrons. The summed E-state index contributed by atoms with van der Waals surface area (Å²) in [5.74, 6) is -1.89. The van der Waals surface area contributed by atoms with Gasteiger partial charge in [-0.05, 0) is 42.7 Å². The van der Waals surface area contributed by atoms with Gasteiger partial charge >= 0.3 is 11.9 Å². The van der Waals surface area contributed by atoms with E-state index in [1.54, 1.807) is 30.8 Å². The number of thioether (sulfide) groups is 1. The molecule has 0 spiro atoms. The number of phenols is 1. The Balaban J connectivity index is 2.11. The fraction of sp³-hybridized carbons (Fsp3) is 0.480. The van der Waals surface area contributed by atoms with Crippen LogP contribution >= 0.6 is 11.8 Å². The standard InChI is InChI=1S/C25H31NO7S/c1-6-34-10-9-33-25(30)20-14(3)26-16-11-13(2)19(24(29)32-5)23(28)22(16)21(20)15-7-8-18(31-4)17(27)12-15/h7-8,12-13,19,21,26-27H,6,9-11H2,1-5H3/t13-,19-,21+/m1/s1. The molecular weight excluding hydrogens is 458 g/mol. The molecule has 0 aromatic heterocycles. The normalized spacial score (nSPS) is 22.1. The van der Waals surface area contributed by atoms with E-state index < -0.39 is 29.6 Å². The van der Waals surface area contributed by atoms with E-state index in [2.05, 4.69) is 5.32 Å². The molecule has 1 aromatic rings. The first-order chi connectivity index (χ1) is 16.2. The van der Waals surface area contributed by atoms with Crippen LogP contribution in [-0.4, -0.2) is 55.2 Å². The highest BCUT2D eigenvalue weighted by atomic mass is 32.2. The molecule has 3 atom stereocenters. The molecule has 9 heteroatoms. The van der Waals surface area contributed by atoms with Crippen molar-refractivity contribution < 1.29 is 33.7 Å². The topological polar surface area (TPSA) is 111 Å². The number of hydrogen-bond acceptors (Lipinski definition) is 9. The highest BCUT2D eigenvalue weighted by Crippen LogP contribution is 2.46. The minimum Gasteiger partial charge on any atom is -0.504 e.